The van der Waals surface area contributed by atoms with Gasteiger partial charge in [0.2, 0.25) is 0 Å². The number of carbonyl (C=O) groups excluding carboxylic acids is 3. The average Bonchev–Trinajstić information content (AvgIpc) is 3.28. The summed E-state index contributed by atoms with van der Waals surface area (Å²) >= 11 is 0. The maximum Gasteiger partial charge on any atom is 0.309 e. The normalized spacial score (nSPS) is 12.4. The summed E-state index contributed by atoms with van der Waals surface area (Å²) < 4.78 is 16.7. The van der Waals surface area contributed by atoms with Crippen LogP contribution in [0.15, 0.2) is 48.6 Å². The summed E-state index contributed by atoms with van der Waals surface area (Å²) in [6.07, 6.45) is 62.9. The topological polar surface area (TPSA) is 78.9 Å². The molecule has 0 saturated heterocycles. The van der Waals surface area contributed by atoms with Crippen molar-refractivity contribution in [2.75, 3.05) is 13.2 Å². The molecule has 0 amide bonds. The summed E-state index contributed by atoms with van der Waals surface area (Å²) in [6, 6.07) is 0. The Labute approximate surface area is 390 Å². The van der Waals surface area contributed by atoms with Crippen LogP contribution >= 0.6 is 0 Å². The van der Waals surface area contributed by atoms with Crippen LogP contribution in [0.4, 0.5) is 0 Å². The Balaban J connectivity index is 4.30. The Morgan fingerprint density at radius 2 is 0.683 bits per heavy atom. The monoisotopic (exact) mass is 883 g/mol. The van der Waals surface area contributed by atoms with Gasteiger partial charge in [0.05, 0.1) is 6.42 Å². The van der Waals surface area contributed by atoms with E-state index < -0.39 is 12.1 Å². The van der Waals surface area contributed by atoms with E-state index in [1.807, 2.05) is 6.08 Å². The molecule has 0 aliphatic heterocycles. The Hall–Kier alpha value is -2.63. The van der Waals surface area contributed by atoms with Crippen LogP contribution in [0.2, 0.25) is 0 Å². The zero-order chi connectivity index (χ0) is 45.8. The molecule has 0 aliphatic rings. The number of allylic oxidation sites excluding steroid dienone is 7. The van der Waals surface area contributed by atoms with Crippen LogP contribution in [-0.4, -0.2) is 37.2 Å². The lowest BCUT2D eigenvalue weighted by Gasteiger charge is -2.18. The average molecular weight is 883 g/mol. The van der Waals surface area contributed by atoms with E-state index in [0.717, 1.165) is 57.8 Å². The van der Waals surface area contributed by atoms with Crippen molar-refractivity contribution in [3.63, 3.8) is 0 Å². The van der Waals surface area contributed by atoms with Crippen LogP contribution in [0.5, 0.6) is 0 Å². The highest BCUT2D eigenvalue weighted by Crippen LogP contribution is 2.16. The number of hydrogen-bond acceptors (Lipinski definition) is 6. The fourth-order valence-corrected chi connectivity index (χ4v) is 7.79. The molecule has 0 N–H and O–H groups in total. The number of hydrogen-bond donors (Lipinski definition) is 0. The van der Waals surface area contributed by atoms with E-state index >= 15 is 0 Å². The summed E-state index contributed by atoms with van der Waals surface area (Å²) in [7, 11) is 0. The van der Waals surface area contributed by atoms with Gasteiger partial charge in [0.25, 0.3) is 0 Å². The lowest BCUT2D eigenvalue weighted by atomic mass is 10.0. The van der Waals surface area contributed by atoms with Gasteiger partial charge in [-0.1, -0.05) is 249 Å². The summed E-state index contributed by atoms with van der Waals surface area (Å²) in [5, 5.41) is 0. The molecule has 6 heteroatoms. The molecule has 6 nitrogen and oxygen atoms in total. The predicted octanol–water partition coefficient (Wildman–Crippen LogP) is 17.9. The lowest BCUT2D eigenvalue weighted by molar-refractivity contribution is -0.166. The summed E-state index contributed by atoms with van der Waals surface area (Å²) in [5.41, 5.74) is 0. The molecule has 0 radical (unpaired) electrons. The molecular weight excluding hydrogens is 781 g/mol. The summed E-state index contributed by atoms with van der Waals surface area (Å²) in [4.78, 5) is 37.9. The number of esters is 3. The van der Waals surface area contributed by atoms with Crippen LogP contribution in [0, 0.1) is 0 Å². The highest BCUT2D eigenvalue weighted by atomic mass is 16.6. The van der Waals surface area contributed by atoms with Gasteiger partial charge in [0.1, 0.15) is 13.2 Å². The molecule has 63 heavy (non-hydrogen) atoms. The minimum Gasteiger partial charge on any atom is -0.462 e. The second kappa shape index (κ2) is 52.0. The zero-order valence-electron chi connectivity index (χ0n) is 41.8. The van der Waals surface area contributed by atoms with Crippen LogP contribution in [0.25, 0.3) is 0 Å². The van der Waals surface area contributed by atoms with Crippen molar-refractivity contribution in [2.24, 2.45) is 0 Å². The smallest absolute Gasteiger partial charge is 0.309 e. The van der Waals surface area contributed by atoms with E-state index in [1.54, 1.807) is 6.08 Å². The Morgan fingerprint density at radius 3 is 1.10 bits per heavy atom. The van der Waals surface area contributed by atoms with Crippen LogP contribution < -0.4 is 0 Å². The highest BCUT2D eigenvalue weighted by molar-refractivity contribution is 5.72. The molecule has 0 aromatic heterocycles. The van der Waals surface area contributed by atoms with Crippen molar-refractivity contribution >= 4 is 17.9 Å². The van der Waals surface area contributed by atoms with E-state index in [1.165, 1.54) is 180 Å². The third-order valence-electron chi connectivity index (χ3n) is 11.9. The molecule has 0 fully saturated rings. The molecule has 0 aliphatic carbocycles. The van der Waals surface area contributed by atoms with Crippen LogP contribution in [0.1, 0.15) is 278 Å². The third-order valence-corrected chi connectivity index (χ3v) is 11.9. The van der Waals surface area contributed by atoms with Crippen molar-refractivity contribution in [1.29, 1.82) is 0 Å². The van der Waals surface area contributed by atoms with Gasteiger partial charge in [-0.25, -0.2) is 0 Å². The third kappa shape index (κ3) is 50.2. The molecule has 0 bridgehead atoms. The molecule has 0 heterocycles. The van der Waals surface area contributed by atoms with Crippen molar-refractivity contribution in [1.82, 2.24) is 0 Å². The first kappa shape index (κ1) is 60.4. The van der Waals surface area contributed by atoms with Gasteiger partial charge in [0.15, 0.2) is 6.10 Å². The number of carbonyl (C=O) groups is 3. The molecule has 0 aromatic carbocycles. The fraction of sp³-hybridized carbons (Fsp3) is 0.807. The minimum absolute atomic E-state index is 0.0996. The van der Waals surface area contributed by atoms with E-state index in [0.29, 0.717) is 12.8 Å². The second-order valence-electron chi connectivity index (χ2n) is 18.1. The second-order valence-corrected chi connectivity index (χ2v) is 18.1. The molecule has 0 saturated carbocycles. The van der Waals surface area contributed by atoms with Gasteiger partial charge in [0, 0.05) is 12.8 Å². The van der Waals surface area contributed by atoms with Gasteiger partial charge in [-0.3, -0.25) is 14.4 Å². The standard InChI is InChI=1S/C57H102O6/c1-4-7-10-13-16-19-21-23-25-27-28-30-31-33-35-38-41-44-47-50-56(59)62-53-54(52-61-55(58)49-46-43-40-37-18-15-12-9-6-3)63-57(60)51-48-45-42-39-36-34-32-29-26-24-22-20-17-14-11-8-5-2/h9,12,18,27-28,37,43,46,54H,4-8,10-11,13-17,19-26,29-36,38-42,44-45,47-53H2,1-3H3/b12-9-,28-27-,37-18-,46-43-. The van der Waals surface area contributed by atoms with Gasteiger partial charge in [-0.15, -0.1) is 0 Å². The molecule has 0 spiro atoms. The van der Waals surface area contributed by atoms with E-state index in [2.05, 4.69) is 57.2 Å². The van der Waals surface area contributed by atoms with Crippen molar-refractivity contribution in [2.45, 2.75) is 284 Å². The molecule has 1 atom stereocenters. The fourth-order valence-electron chi connectivity index (χ4n) is 7.79. The molecule has 1 unspecified atom stereocenters. The number of rotatable bonds is 49. The summed E-state index contributed by atoms with van der Waals surface area (Å²) in [5.74, 6) is -1.02. The van der Waals surface area contributed by atoms with E-state index in [9.17, 15) is 14.4 Å². The highest BCUT2D eigenvalue weighted by Gasteiger charge is 2.19. The zero-order valence-corrected chi connectivity index (χ0v) is 41.8. The molecule has 0 rings (SSSR count). The van der Waals surface area contributed by atoms with Crippen LogP contribution in [0.3, 0.4) is 0 Å². The van der Waals surface area contributed by atoms with Crippen molar-refractivity contribution in [3.8, 4) is 0 Å². The SMILES string of the molecule is CC/C=C\C/C=C\C/C=C\CC(=O)OCC(COC(=O)CCCCCCCCC/C=C\CCCCCCCCCC)OC(=O)CCCCCCCCCCCCCCCCCCC. The molecule has 0 aromatic rings. The van der Waals surface area contributed by atoms with Gasteiger partial charge in [-0.05, 0) is 57.8 Å². The van der Waals surface area contributed by atoms with Gasteiger partial charge < -0.3 is 14.2 Å². The quantitative estimate of drug-likeness (QED) is 0.0262. The first-order valence-corrected chi connectivity index (χ1v) is 27.1. The minimum atomic E-state index is -0.806. The van der Waals surface area contributed by atoms with E-state index in [-0.39, 0.29) is 31.6 Å². The number of ether oxygens (including phenoxy) is 3. The first-order valence-electron chi connectivity index (χ1n) is 27.1. The molecule has 366 valence electrons. The van der Waals surface area contributed by atoms with E-state index in [4.69, 9.17) is 14.2 Å². The van der Waals surface area contributed by atoms with Gasteiger partial charge >= 0.3 is 17.9 Å². The Bertz CT molecular complexity index is 1110. The maximum atomic E-state index is 12.8. The van der Waals surface area contributed by atoms with Crippen molar-refractivity contribution < 1.29 is 28.6 Å². The maximum absolute atomic E-state index is 12.8. The molecular formula is C57H102O6. The first-order chi connectivity index (χ1) is 31.0. The number of unbranched alkanes of at least 4 members (excludes halogenated alkanes) is 31. The predicted molar refractivity (Wildman–Crippen MR) is 270 cm³/mol. The van der Waals surface area contributed by atoms with Crippen LogP contribution in [-0.2, 0) is 28.6 Å². The van der Waals surface area contributed by atoms with Crippen molar-refractivity contribution in [3.05, 3.63) is 48.6 Å². The largest absolute Gasteiger partial charge is 0.462 e. The van der Waals surface area contributed by atoms with Gasteiger partial charge in [-0.2, -0.15) is 0 Å². The Kier molecular flexibility index (Phi) is 49.8. The lowest BCUT2D eigenvalue weighted by Crippen LogP contribution is -2.30. The Morgan fingerprint density at radius 1 is 0.349 bits per heavy atom. The summed E-state index contributed by atoms with van der Waals surface area (Å²) in [6.45, 7) is 6.45.